The molecular weight excluding hydrogens is 600 g/mol. The summed E-state index contributed by atoms with van der Waals surface area (Å²) in [4.78, 5) is 44.2. The lowest BCUT2D eigenvalue weighted by atomic mass is 10.1. The molecule has 2 aromatic carbocycles. The van der Waals surface area contributed by atoms with Gasteiger partial charge in [-0.1, -0.05) is 11.6 Å². The van der Waals surface area contributed by atoms with Gasteiger partial charge in [-0.15, -0.1) is 0 Å². The van der Waals surface area contributed by atoms with Crippen LogP contribution in [0.2, 0.25) is 5.02 Å². The lowest BCUT2D eigenvalue weighted by Crippen LogP contribution is -2.49. The van der Waals surface area contributed by atoms with E-state index in [4.69, 9.17) is 16.3 Å². The molecule has 3 aliphatic rings. The van der Waals surface area contributed by atoms with Crippen molar-refractivity contribution in [3.8, 4) is 17.0 Å². The number of methoxy groups -OCH3 is 1. The lowest BCUT2D eigenvalue weighted by Gasteiger charge is -2.24. The molecule has 6 rings (SSSR count). The Hall–Kier alpha value is -4.27. The highest BCUT2D eigenvalue weighted by atomic mass is 35.5. The van der Waals surface area contributed by atoms with E-state index in [9.17, 15) is 28.3 Å². The van der Waals surface area contributed by atoms with E-state index in [1.54, 1.807) is 4.90 Å². The molecule has 232 valence electrons. The monoisotopic (exact) mass is 629 g/mol. The Morgan fingerprint density at radius 2 is 1.82 bits per heavy atom. The van der Waals surface area contributed by atoms with Crippen LogP contribution in [0.15, 0.2) is 36.5 Å². The number of carbonyl (C=O) groups excluding carboxylic acids is 3. The molecule has 3 heterocycles. The largest absolute Gasteiger partial charge is 0.494 e. The number of fused-ring (bicyclic) bond motifs is 1. The van der Waals surface area contributed by atoms with Crippen molar-refractivity contribution >= 4 is 35.1 Å². The van der Waals surface area contributed by atoms with Crippen molar-refractivity contribution in [2.75, 3.05) is 38.6 Å². The molecule has 1 aliphatic carbocycles. The number of benzene rings is 2. The summed E-state index contributed by atoms with van der Waals surface area (Å²) < 4.78 is 35.0. The maximum absolute atomic E-state index is 14.6. The van der Waals surface area contributed by atoms with Gasteiger partial charge < -0.3 is 40.6 Å². The minimum atomic E-state index is -1.15. The molecule has 15 heteroatoms. The molecule has 0 radical (unpaired) electrons. The van der Waals surface area contributed by atoms with E-state index in [0.717, 1.165) is 0 Å². The van der Waals surface area contributed by atoms with Gasteiger partial charge in [0.05, 0.1) is 41.7 Å². The number of ether oxygens (including phenoxy) is 1. The van der Waals surface area contributed by atoms with E-state index >= 15 is 0 Å². The maximum Gasteiger partial charge on any atom is 0.317 e. The summed E-state index contributed by atoms with van der Waals surface area (Å²) in [6.45, 7) is 1.98. The molecular formula is C29H30ClF2N7O5. The second-order valence-electron chi connectivity index (χ2n) is 11.1. The first kappa shape index (κ1) is 29.8. The number of urea groups is 1. The van der Waals surface area contributed by atoms with Crippen LogP contribution in [0, 0.1) is 23.5 Å². The predicted molar refractivity (Wildman–Crippen MR) is 156 cm³/mol. The van der Waals surface area contributed by atoms with Crippen molar-refractivity contribution in [2.24, 2.45) is 18.9 Å². The number of nitrogens with one attached hydrogen (secondary N) is 4. The van der Waals surface area contributed by atoms with Gasteiger partial charge in [0.2, 0.25) is 5.82 Å². The summed E-state index contributed by atoms with van der Waals surface area (Å²) in [5.74, 6) is -3.30. The zero-order valence-corrected chi connectivity index (χ0v) is 24.5. The van der Waals surface area contributed by atoms with Crippen LogP contribution in [0.5, 0.6) is 5.75 Å². The van der Waals surface area contributed by atoms with Crippen LogP contribution in [0.4, 0.5) is 19.3 Å². The fraction of sp³-hybridized carbons (Fsp3) is 0.379. The third-order valence-corrected chi connectivity index (χ3v) is 8.79. The van der Waals surface area contributed by atoms with Crippen molar-refractivity contribution in [3.63, 3.8) is 0 Å². The van der Waals surface area contributed by atoms with Crippen LogP contribution in [-0.2, 0) is 7.05 Å². The van der Waals surface area contributed by atoms with Crippen molar-refractivity contribution in [1.82, 2.24) is 30.4 Å². The number of hydrogen-bond acceptors (Lipinski definition) is 7. The second-order valence-corrected chi connectivity index (χ2v) is 11.5. The third kappa shape index (κ3) is 5.44. The average molecular weight is 630 g/mol. The Labute approximate surface area is 255 Å². The summed E-state index contributed by atoms with van der Waals surface area (Å²) in [6.07, 6.45) is 0.647. The molecule has 4 atom stereocenters. The fourth-order valence-electron chi connectivity index (χ4n) is 5.92. The van der Waals surface area contributed by atoms with Gasteiger partial charge in [-0.3, -0.25) is 9.59 Å². The van der Waals surface area contributed by atoms with Crippen LogP contribution in [0.25, 0.3) is 11.3 Å². The Balaban J connectivity index is 1.04. The van der Waals surface area contributed by atoms with Gasteiger partial charge in [0.25, 0.3) is 11.8 Å². The number of hydrogen-bond donors (Lipinski definition) is 5. The Bertz CT molecular complexity index is 1640. The second kappa shape index (κ2) is 11.7. The molecule has 5 N–H and O–H groups in total. The molecule has 2 unspecified atom stereocenters. The summed E-state index contributed by atoms with van der Waals surface area (Å²) in [7, 11) is 2.72. The van der Waals surface area contributed by atoms with Crippen molar-refractivity contribution in [3.05, 3.63) is 64.6 Å². The first-order chi connectivity index (χ1) is 21.1. The van der Waals surface area contributed by atoms with E-state index in [0.29, 0.717) is 31.9 Å². The van der Waals surface area contributed by atoms with E-state index in [2.05, 4.69) is 26.3 Å². The lowest BCUT2D eigenvalue weighted by molar-refractivity contribution is 0.0943. The number of aliphatic hydroxyl groups excluding tert-OH is 1. The number of aromatic nitrogens is 2. The van der Waals surface area contributed by atoms with E-state index in [1.165, 1.54) is 55.3 Å². The number of aliphatic hydroxyl groups is 1. The van der Waals surface area contributed by atoms with Crippen LogP contribution in [-0.4, -0.2) is 88.9 Å². The Morgan fingerprint density at radius 1 is 1.07 bits per heavy atom. The SMILES string of the molecule is COc1ccc(-c2cnc(C(=O)Nc3ccc(C(=O)NC4C5CN(C(=O)N[C@@H]6CNC[C@H]6O)CC54)c(Cl)c3)n2C)c(F)c1F. The van der Waals surface area contributed by atoms with Crippen molar-refractivity contribution in [1.29, 1.82) is 0 Å². The Morgan fingerprint density at radius 3 is 2.48 bits per heavy atom. The third-order valence-electron chi connectivity index (χ3n) is 8.48. The number of halogens is 3. The van der Waals surface area contributed by atoms with Crippen LogP contribution >= 0.6 is 11.6 Å². The topological polar surface area (TPSA) is 150 Å². The van der Waals surface area contributed by atoms with Crippen LogP contribution in [0.1, 0.15) is 21.0 Å². The van der Waals surface area contributed by atoms with Gasteiger partial charge >= 0.3 is 6.03 Å². The number of rotatable bonds is 7. The molecule has 2 saturated heterocycles. The average Bonchev–Trinajstić information content (AvgIpc) is 3.38. The smallest absolute Gasteiger partial charge is 0.317 e. The first-order valence-corrected chi connectivity index (χ1v) is 14.3. The van der Waals surface area contributed by atoms with E-state index in [-0.39, 0.29) is 69.3 Å². The summed E-state index contributed by atoms with van der Waals surface area (Å²) in [6, 6.07) is 6.44. The summed E-state index contributed by atoms with van der Waals surface area (Å²) in [5.41, 5.74) is 0.615. The molecule has 0 spiro atoms. The zero-order chi connectivity index (χ0) is 31.3. The number of β-amino-alcohol motifs (C(OH)–C–C–N with tert-alkyl or cyclic N) is 1. The molecule has 44 heavy (non-hydrogen) atoms. The highest BCUT2D eigenvalue weighted by molar-refractivity contribution is 6.34. The number of likely N-dealkylation sites (tertiary alicyclic amines) is 1. The highest BCUT2D eigenvalue weighted by Crippen LogP contribution is 2.45. The van der Waals surface area contributed by atoms with Gasteiger partial charge in [0.1, 0.15) is 0 Å². The summed E-state index contributed by atoms with van der Waals surface area (Å²) >= 11 is 6.40. The molecule has 12 nitrogen and oxygen atoms in total. The van der Waals surface area contributed by atoms with Crippen molar-refractivity contribution in [2.45, 2.75) is 18.2 Å². The predicted octanol–water partition coefficient (Wildman–Crippen LogP) is 1.98. The Kier molecular flexibility index (Phi) is 7.90. The van der Waals surface area contributed by atoms with Gasteiger partial charge in [-0.25, -0.2) is 14.2 Å². The maximum atomic E-state index is 14.6. The first-order valence-electron chi connectivity index (χ1n) is 14.0. The number of piperidine rings is 1. The standard InChI is InChI=1S/C29H30ClF2N7O5/c1-38-20(15-5-6-22(44-2)24(32)23(15)31)9-34-26(38)28(42)35-13-3-4-14(18(30)7-13)27(41)37-25-16-11-39(12-17(16)25)29(43)36-19-8-33-10-21(19)40/h3-7,9,16-17,19,21,25,33,40H,8,10-12H2,1-2H3,(H,35,42)(H,36,43)(H,37,41)/t16?,17?,19-,21-,25?/m1/s1. The van der Waals surface area contributed by atoms with E-state index < -0.39 is 23.6 Å². The van der Waals surface area contributed by atoms with Crippen LogP contribution < -0.4 is 26.0 Å². The number of imidazole rings is 1. The van der Waals surface area contributed by atoms with Gasteiger partial charge in [0, 0.05) is 62.4 Å². The van der Waals surface area contributed by atoms with Gasteiger partial charge in [0.15, 0.2) is 17.4 Å². The molecule has 3 fully saturated rings. The molecule has 3 aromatic rings. The minimum Gasteiger partial charge on any atom is -0.494 e. The van der Waals surface area contributed by atoms with Crippen LogP contribution in [0.3, 0.4) is 0 Å². The molecule has 2 aliphatic heterocycles. The number of anilines is 1. The van der Waals surface area contributed by atoms with Gasteiger partial charge in [-0.2, -0.15) is 4.39 Å². The molecule has 1 aromatic heterocycles. The number of amides is 4. The quantitative estimate of drug-likeness (QED) is 0.268. The summed E-state index contributed by atoms with van der Waals surface area (Å²) in [5, 5.41) is 21.5. The number of carbonyl (C=O) groups is 3. The molecule has 1 saturated carbocycles. The highest BCUT2D eigenvalue weighted by Gasteiger charge is 2.57. The number of nitrogens with zero attached hydrogens (tertiary/aromatic N) is 3. The van der Waals surface area contributed by atoms with Crippen molar-refractivity contribution < 1.29 is 33.0 Å². The fourth-order valence-corrected chi connectivity index (χ4v) is 6.19. The zero-order valence-electron chi connectivity index (χ0n) is 23.7. The normalized spacial score (nSPS) is 23.7. The minimum absolute atomic E-state index is 0.0624. The molecule has 0 bridgehead atoms. The van der Waals surface area contributed by atoms with E-state index in [1.807, 2.05) is 0 Å². The molecule has 4 amide bonds. The van der Waals surface area contributed by atoms with Gasteiger partial charge in [-0.05, 0) is 30.3 Å².